The van der Waals surface area contributed by atoms with Crippen molar-refractivity contribution in [2.24, 2.45) is 0 Å². The van der Waals surface area contributed by atoms with Gasteiger partial charge in [-0.1, -0.05) is 60.1 Å². The summed E-state index contributed by atoms with van der Waals surface area (Å²) in [7, 11) is 1.19. The Morgan fingerprint density at radius 2 is 1.51 bits per heavy atom. The Balaban J connectivity index is 1.32. The van der Waals surface area contributed by atoms with Crippen molar-refractivity contribution in [1.82, 2.24) is 5.32 Å². The van der Waals surface area contributed by atoms with Crippen molar-refractivity contribution in [3.8, 4) is 11.1 Å². The number of amides is 2. The fourth-order valence-electron chi connectivity index (χ4n) is 5.17. The van der Waals surface area contributed by atoms with E-state index in [1.54, 1.807) is 31.2 Å². The fraction of sp³-hybridized carbons (Fsp3) is 0.212. The molecule has 4 aromatic rings. The van der Waals surface area contributed by atoms with Gasteiger partial charge in [0.1, 0.15) is 17.6 Å². The number of hydrogen-bond acceptors (Lipinski definition) is 7. The first-order chi connectivity index (χ1) is 20.7. The predicted molar refractivity (Wildman–Crippen MR) is 166 cm³/mol. The maximum Gasteiger partial charge on any atom is 0.407 e. The maximum absolute atomic E-state index is 13.5. The summed E-state index contributed by atoms with van der Waals surface area (Å²) in [6.07, 6.45) is -1.29. The maximum atomic E-state index is 13.5. The molecule has 220 valence electrons. The van der Waals surface area contributed by atoms with E-state index < -0.39 is 30.4 Å². The summed E-state index contributed by atoms with van der Waals surface area (Å²) in [4.78, 5) is 52.9. The standard InChI is InChI=1S/C33H29ClN2O6S/c1-18-19(2)43-32(29(18)30(38)20-12-14-21(34)15-13-20)36-31(39)27(16-28(37)41-3)35-33(40)42-17-26-24-10-6-4-8-22(24)23-9-5-7-11-25(23)26/h4-15,26-27H,16-17H2,1-3H3,(H,35,40)(H,36,39)/t27-/m0/s1. The molecule has 3 aromatic carbocycles. The number of rotatable bonds is 9. The third-order valence-electron chi connectivity index (χ3n) is 7.51. The molecule has 0 bridgehead atoms. The number of ketones is 1. The molecule has 1 aliphatic carbocycles. The molecule has 0 fully saturated rings. The van der Waals surface area contributed by atoms with Gasteiger partial charge in [-0.15, -0.1) is 11.3 Å². The molecule has 8 nitrogen and oxygen atoms in total. The molecule has 0 saturated heterocycles. The molecular weight excluding hydrogens is 588 g/mol. The smallest absolute Gasteiger partial charge is 0.407 e. The first-order valence-corrected chi connectivity index (χ1v) is 14.8. The van der Waals surface area contributed by atoms with Gasteiger partial charge in [0.15, 0.2) is 5.78 Å². The second-order valence-corrected chi connectivity index (χ2v) is 11.8. The molecule has 2 N–H and O–H groups in total. The second-order valence-electron chi connectivity index (χ2n) is 10.1. The lowest BCUT2D eigenvalue weighted by Gasteiger charge is -2.19. The quantitative estimate of drug-likeness (QED) is 0.161. The molecule has 43 heavy (non-hydrogen) atoms. The summed E-state index contributed by atoms with van der Waals surface area (Å²) in [5.41, 5.74) is 5.71. The summed E-state index contributed by atoms with van der Waals surface area (Å²) >= 11 is 7.21. The third kappa shape index (κ3) is 6.33. The van der Waals surface area contributed by atoms with Crippen molar-refractivity contribution in [1.29, 1.82) is 0 Å². The molecule has 0 radical (unpaired) electrons. The number of benzene rings is 3. The zero-order valence-electron chi connectivity index (χ0n) is 23.7. The van der Waals surface area contributed by atoms with Gasteiger partial charge in [-0.05, 0) is 65.9 Å². The molecular formula is C33H29ClN2O6S. The molecule has 0 saturated carbocycles. The van der Waals surface area contributed by atoms with E-state index in [4.69, 9.17) is 21.1 Å². The molecule has 10 heteroatoms. The third-order valence-corrected chi connectivity index (χ3v) is 8.88. The van der Waals surface area contributed by atoms with Crippen molar-refractivity contribution < 1.29 is 28.7 Å². The van der Waals surface area contributed by atoms with Crippen LogP contribution in [0.25, 0.3) is 11.1 Å². The minimum atomic E-state index is -1.32. The average molecular weight is 617 g/mol. The van der Waals surface area contributed by atoms with Gasteiger partial charge >= 0.3 is 12.1 Å². The van der Waals surface area contributed by atoms with Gasteiger partial charge in [0.2, 0.25) is 5.91 Å². The molecule has 0 aliphatic heterocycles. The lowest BCUT2D eigenvalue weighted by molar-refractivity contribution is -0.142. The Labute approximate surface area is 258 Å². The monoisotopic (exact) mass is 616 g/mol. The first kappa shape index (κ1) is 30.0. The number of esters is 1. The Kier molecular flexibility index (Phi) is 8.94. The van der Waals surface area contributed by atoms with Crippen LogP contribution in [0.15, 0.2) is 72.8 Å². The number of fused-ring (bicyclic) bond motifs is 3. The lowest BCUT2D eigenvalue weighted by Crippen LogP contribution is -2.45. The Morgan fingerprint density at radius 1 is 0.907 bits per heavy atom. The van der Waals surface area contributed by atoms with Gasteiger partial charge in [-0.2, -0.15) is 0 Å². The van der Waals surface area contributed by atoms with Gasteiger partial charge < -0.3 is 20.1 Å². The molecule has 0 spiro atoms. The number of carbonyl (C=O) groups is 4. The zero-order chi connectivity index (χ0) is 30.7. The molecule has 0 unspecified atom stereocenters. The number of ether oxygens (including phenoxy) is 2. The summed E-state index contributed by atoms with van der Waals surface area (Å²) in [6, 6.07) is 21.0. The molecule has 1 aliphatic rings. The van der Waals surface area contributed by atoms with Crippen LogP contribution in [-0.2, 0) is 19.1 Å². The van der Waals surface area contributed by atoms with Gasteiger partial charge in [0, 0.05) is 21.4 Å². The summed E-state index contributed by atoms with van der Waals surface area (Å²) in [5, 5.41) is 6.06. The van der Waals surface area contributed by atoms with E-state index in [2.05, 4.69) is 10.6 Å². The number of alkyl carbamates (subject to hydrolysis) is 1. The van der Waals surface area contributed by atoms with E-state index in [1.807, 2.05) is 55.5 Å². The summed E-state index contributed by atoms with van der Waals surface area (Å²) in [5.74, 6) is -1.85. The Hall–Kier alpha value is -4.47. The van der Waals surface area contributed by atoms with E-state index >= 15 is 0 Å². The Morgan fingerprint density at radius 3 is 2.12 bits per heavy atom. The van der Waals surface area contributed by atoms with E-state index in [9.17, 15) is 19.2 Å². The highest BCUT2D eigenvalue weighted by Gasteiger charge is 2.31. The van der Waals surface area contributed by atoms with Gasteiger partial charge in [-0.3, -0.25) is 14.4 Å². The number of aryl methyl sites for hydroxylation is 1. The van der Waals surface area contributed by atoms with Crippen molar-refractivity contribution in [3.63, 3.8) is 0 Å². The van der Waals surface area contributed by atoms with Crippen molar-refractivity contribution >= 4 is 51.7 Å². The highest BCUT2D eigenvalue weighted by atomic mass is 35.5. The molecule has 1 aromatic heterocycles. The summed E-state index contributed by atoms with van der Waals surface area (Å²) < 4.78 is 10.4. The average Bonchev–Trinajstić information content (AvgIpc) is 3.48. The van der Waals surface area contributed by atoms with Crippen molar-refractivity contribution in [3.05, 3.63) is 111 Å². The number of thiophene rings is 1. The normalized spacial score (nSPS) is 12.6. The van der Waals surface area contributed by atoms with Crippen LogP contribution in [0.2, 0.25) is 5.02 Å². The number of halogens is 1. The number of carbonyl (C=O) groups excluding carboxylic acids is 4. The van der Waals surface area contributed by atoms with E-state index in [0.29, 0.717) is 26.7 Å². The molecule has 1 atom stereocenters. The number of anilines is 1. The SMILES string of the molecule is COC(=O)C[C@H](NC(=O)OCC1c2ccccc2-c2ccccc21)C(=O)Nc1sc(C)c(C)c1C(=O)c1ccc(Cl)cc1. The van der Waals surface area contributed by atoms with Gasteiger partial charge in [0.25, 0.3) is 0 Å². The molecule has 2 amide bonds. The van der Waals surface area contributed by atoms with Crippen LogP contribution in [0.3, 0.4) is 0 Å². The lowest BCUT2D eigenvalue weighted by atomic mass is 9.98. The molecule has 5 rings (SSSR count). The fourth-order valence-corrected chi connectivity index (χ4v) is 6.36. The highest BCUT2D eigenvalue weighted by Crippen LogP contribution is 2.44. The second kappa shape index (κ2) is 12.8. The van der Waals surface area contributed by atoms with Gasteiger partial charge in [0.05, 0.1) is 19.1 Å². The van der Waals surface area contributed by atoms with Crippen LogP contribution in [0, 0.1) is 13.8 Å². The van der Waals surface area contributed by atoms with Gasteiger partial charge in [-0.25, -0.2) is 4.79 Å². The van der Waals surface area contributed by atoms with Crippen LogP contribution in [0.4, 0.5) is 9.80 Å². The van der Waals surface area contributed by atoms with E-state index in [1.165, 1.54) is 18.4 Å². The van der Waals surface area contributed by atoms with E-state index in [0.717, 1.165) is 27.1 Å². The largest absolute Gasteiger partial charge is 0.469 e. The topological polar surface area (TPSA) is 111 Å². The number of hydrogen-bond donors (Lipinski definition) is 2. The highest BCUT2D eigenvalue weighted by molar-refractivity contribution is 7.16. The Bertz CT molecular complexity index is 1670. The zero-order valence-corrected chi connectivity index (χ0v) is 25.3. The van der Waals surface area contributed by atoms with Crippen LogP contribution in [0.1, 0.15) is 49.8 Å². The minimum Gasteiger partial charge on any atom is -0.469 e. The van der Waals surface area contributed by atoms with Crippen molar-refractivity contribution in [2.75, 3.05) is 19.0 Å². The number of nitrogens with one attached hydrogen (secondary N) is 2. The first-order valence-electron chi connectivity index (χ1n) is 13.6. The van der Waals surface area contributed by atoms with Crippen molar-refractivity contribution in [2.45, 2.75) is 32.2 Å². The minimum absolute atomic E-state index is 0.0372. The van der Waals surface area contributed by atoms with Crippen LogP contribution < -0.4 is 10.6 Å². The predicted octanol–water partition coefficient (Wildman–Crippen LogP) is 6.66. The molecule has 1 heterocycles. The van der Waals surface area contributed by atoms with Crippen LogP contribution in [-0.4, -0.2) is 43.5 Å². The van der Waals surface area contributed by atoms with Crippen LogP contribution in [0.5, 0.6) is 0 Å². The number of methoxy groups -OCH3 is 1. The van der Waals surface area contributed by atoms with E-state index in [-0.39, 0.29) is 18.3 Å². The summed E-state index contributed by atoms with van der Waals surface area (Å²) in [6.45, 7) is 3.68. The van der Waals surface area contributed by atoms with Crippen LogP contribution >= 0.6 is 22.9 Å².